The largest absolute Gasteiger partial charge is 0.381 e. The Kier molecular flexibility index (Phi) is 2.56. The smallest absolute Gasteiger partial charge is 0.164 e. The first kappa shape index (κ1) is 10.6. The van der Waals surface area contributed by atoms with E-state index < -0.39 is 15.1 Å². The molecular formula is C8H10ClN3O2S. The molecule has 1 fully saturated rings. The molecule has 1 aromatic rings. The normalized spacial score (nSPS) is 24.2. The van der Waals surface area contributed by atoms with Gasteiger partial charge in [0.2, 0.25) is 0 Å². The Morgan fingerprint density at radius 3 is 2.73 bits per heavy atom. The number of sulfone groups is 1. The molecule has 82 valence electrons. The number of hydrogen-bond acceptors (Lipinski definition) is 5. The Morgan fingerprint density at radius 2 is 2.20 bits per heavy atom. The molecular weight excluding hydrogens is 238 g/mol. The molecule has 1 unspecified atom stereocenters. The first-order valence-corrected chi connectivity index (χ1v) is 6.60. The molecule has 0 radical (unpaired) electrons. The van der Waals surface area contributed by atoms with Gasteiger partial charge in [-0.1, -0.05) is 11.6 Å². The van der Waals surface area contributed by atoms with Crippen molar-refractivity contribution in [1.82, 2.24) is 10.2 Å². The Balaban J connectivity index is 2.42. The molecule has 0 saturated carbocycles. The summed E-state index contributed by atoms with van der Waals surface area (Å²) in [4.78, 5) is 0. The van der Waals surface area contributed by atoms with Crippen LogP contribution in [0.25, 0.3) is 0 Å². The zero-order valence-corrected chi connectivity index (χ0v) is 9.42. The Morgan fingerprint density at radius 1 is 1.47 bits per heavy atom. The lowest BCUT2D eigenvalue weighted by Gasteiger charge is -2.08. The van der Waals surface area contributed by atoms with Crippen LogP contribution in [0.2, 0.25) is 5.02 Å². The molecule has 0 bridgehead atoms. The van der Waals surface area contributed by atoms with E-state index >= 15 is 0 Å². The molecule has 2 rings (SSSR count). The van der Waals surface area contributed by atoms with Crippen molar-refractivity contribution in [2.75, 3.05) is 11.5 Å². The van der Waals surface area contributed by atoms with Gasteiger partial charge in [0.1, 0.15) is 5.25 Å². The highest BCUT2D eigenvalue weighted by molar-refractivity contribution is 7.91. The van der Waals surface area contributed by atoms with E-state index in [1.165, 1.54) is 6.07 Å². The predicted molar refractivity (Wildman–Crippen MR) is 57.2 cm³/mol. The first-order valence-electron chi connectivity index (χ1n) is 4.51. The van der Waals surface area contributed by atoms with Crippen LogP contribution < -0.4 is 5.73 Å². The van der Waals surface area contributed by atoms with Crippen molar-refractivity contribution < 1.29 is 8.42 Å². The maximum atomic E-state index is 11.6. The van der Waals surface area contributed by atoms with Gasteiger partial charge in [-0.2, -0.15) is 5.10 Å². The van der Waals surface area contributed by atoms with Gasteiger partial charge >= 0.3 is 0 Å². The van der Waals surface area contributed by atoms with E-state index in [0.717, 1.165) is 0 Å². The predicted octanol–water partition coefficient (Wildman–Crippen LogP) is 0.962. The van der Waals surface area contributed by atoms with Crippen LogP contribution in [0.1, 0.15) is 23.8 Å². The SMILES string of the molecule is Nc1nnc(C2CCCS2(=O)=O)cc1Cl. The third-order valence-corrected chi connectivity index (χ3v) is 4.96. The van der Waals surface area contributed by atoms with Crippen molar-refractivity contribution in [1.29, 1.82) is 0 Å². The van der Waals surface area contributed by atoms with Crippen molar-refractivity contribution in [3.05, 3.63) is 16.8 Å². The van der Waals surface area contributed by atoms with E-state index in [-0.39, 0.29) is 16.6 Å². The topological polar surface area (TPSA) is 85.9 Å². The van der Waals surface area contributed by atoms with Gasteiger partial charge in [0, 0.05) is 0 Å². The molecule has 0 aliphatic carbocycles. The molecule has 1 aromatic heterocycles. The van der Waals surface area contributed by atoms with Crippen LogP contribution in [0, 0.1) is 0 Å². The molecule has 2 N–H and O–H groups in total. The summed E-state index contributed by atoms with van der Waals surface area (Å²) in [7, 11) is -3.07. The molecule has 0 amide bonds. The average molecular weight is 248 g/mol. The summed E-state index contributed by atoms with van der Waals surface area (Å²) in [6.07, 6.45) is 1.24. The molecule has 5 nitrogen and oxygen atoms in total. The van der Waals surface area contributed by atoms with Crippen LogP contribution in [-0.2, 0) is 9.84 Å². The standard InChI is InChI=1S/C8H10ClN3O2S/c9-5-4-6(11-12-8(5)10)7-2-1-3-15(7,13)14/h4,7H,1-3H2,(H2,10,12). The highest BCUT2D eigenvalue weighted by atomic mass is 35.5. The summed E-state index contributed by atoms with van der Waals surface area (Å²) in [5.41, 5.74) is 5.80. The fourth-order valence-electron chi connectivity index (χ4n) is 1.67. The molecule has 1 atom stereocenters. The zero-order chi connectivity index (χ0) is 11.1. The lowest BCUT2D eigenvalue weighted by Crippen LogP contribution is -2.11. The highest BCUT2D eigenvalue weighted by Crippen LogP contribution is 2.34. The van der Waals surface area contributed by atoms with E-state index in [9.17, 15) is 8.42 Å². The van der Waals surface area contributed by atoms with Crippen molar-refractivity contribution >= 4 is 27.3 Å². The van der Waals surface area contributed by atoms with Crippen LogP contribution in [0.4, 0.5) is 5.82 Å². The second kappa shape index (κ2) is 3.61. The van der Waals surface area contributed by atoms with E-state index in [2.05, 4.69) is 10.2 Å². The zero-order valence-electron chi connectivity index (χ0n) is 7.85. The Bertz CT molecular complexity index is 489. The summed E-state index contributed by atoms with van der Waals surface area (Å²) in [5.74, 6) is 0.331. The minimum atomic E-state index is -3.07. The first-order chi connectivity index (χ1) is 7.00. The quantitative estimate of drug-likeness (QED) is 0.799. The van der Waals surface area contributed by atoms with Crippen molar-refractivity contribution in [3.63, 3.8) is 0 Å². The third kappa shape index (κ3) is 1.91. The molecule has 2 heterocycles. The maximum absolute atomic E-state index is 11.6. The van der Waals surface area contributed by atoms with Gasteiger partial charge in [-0.3, -0.25) is 0 Å². The summed E-state index contributed by atoms with van der Waals surface area (Å²) in [6.45, 7) is 0. The van der Waals surface area contributed by atoms with E-state index in [1.54, 1.807) is 0 Å². The van der Waals surface area contributed by atoms with Crippen molar-refractivity contribution in [3.8, 4) is 0 Å². The number of aromatic nitrogens is 2. The average Bonchev–Trinajstić information content (AvgIpc) is 2.50. The van der Waals surface area contributed by atoms with Gasteiger partial charge in [0.05, 0.1) is 16.5 Å². The van der Waals surface area contributed by atoms with Crippen LogP contribution in [-0.4, -0.2) is 24.4 Å². The summed E-state index contributed by atoms with van der Waals surface area (Å²) in [5, 5.41) is 7.08. The van der Waals surface area contributed by atoms with Gasteiger partial charge in [-0.25, -0.2) is 8.42 Å². The minimum absolute atomic E-state index is 0.121. The molecule has 1 aliphatic rings. The number of rotatable bonds is 1. The van der Waals surface area contributed by atoms with E-state index in [4.69, 9.17) is 17.3 Å². The fourth-order valence-corrected chi connectivity index (χ4v) is 3.68. The number of halogens is 1. The fraction of sp³-hybridized carbons (Fsp3) is 0.500. The Hall–Kier alpha value is -0.880. The number of hydrogen-bond donors (Lipinski definition) is 1. The molecule has 0 aromatic carbocycles. The molecule has 1 saturated heterocycles. The van der Waals surface area contributed by atoms with Crippen LogP contribution in [0.3, 0.4) is 0 Å². The van der Waals surface area contributed by atoms with Gasteiger partial charge in [-0.15, -0.1) is 5.10 Å². The van der Waals surface area contributed by atoms with E-state index in [0.29, 0.717) is 18.5 Å². The van der Waals surface area contributed by atoms with Crippen LogP contribution >= 0.6 is 11.6 Å². The minimum Gasteiger partial charge on any atom is -0.381 e. The summed E-state index contributed by atoms with van der Waals surface area (Å²) in [6, 6.07) is 1.48. The molecule has 0 spiro atoms. The number of anilines is 1. The molecule has 1 aliphatic heterocycles. The van der Waals surface area contributed by atoms with Crippen LogP contribution in [0.15, 0.2) is 6.07 Å². The van der Waals surface area contributed by atoms with Gasteiger partial charge in [-0.05, 0) is 18.9 Å². The van der Waals surface area contributed by atoms with Crippen LogP contribution in [0.5, 0.6) is 0 Å². The number of nitrogens with zero attached hydrogens (tertiary/aromatic N) is 2. The summed E-state index contributed by atoms with van der Waals surface area (Å²) < 4.78 is 23.2. The van der Waals surface area contributed by atoms with E-state index in [1.807, 2.05) is 0 Å². The third-order valence-electron chi connectivity index (χ3n) is 2.45. The molecule has 15 heavy (non-hydrogen) atoms. The number of nitrogens with two attached hydrogens (primary N) is 1. The lowest BCUT2D eigenvalue weighted by atomic mass is 10.2. The van der Waals surface area contributed by atoms with Gasteiger partial charge < -0.3 is 5.73 Å². The number of nitrogen functional groups attached to an aromatic ring is 1. The maximum Gasteiger partial charge on any atom is 0.164 e. The Labute approximate surface area is 92.6 Å². The second-order valence-electron chi connectivity index (χ2n) is 3.50. The van der Waals surface area contributed by atoms with Gasteiger partial charge in [0.25, 0.3) is 0 Å². The lowest BCUT2D eigenvalue weighted by molar-refractivity contribution is 0.590. The molecule has 7 heteroatoms. The van der Waals surface area contributed by atoms with Gasteiger partial charge in [0.15, 0.2) is 15.7 Å². The second-order valence-corrected chi connectivity index (χ2v) is 6.21. The highest BCUT2D eigenvalue weighted by Gasteiger charge is 2.34. The summed E-state index contributed by atoms with van der Waals surface area (Å²) >= 11 is 5.76. The van der Waals surface area contributed by atoms with Crippen molar-refractivity contribution in [2.45, 2.75) is 18.1 Å². The monoisotopic (exact) mass is 247 g/mol. The van der Waals surface area contributed by atoms with Crippen molar-refractivity contribution in [2.24, 2.45) is 0 Å².